The lowest BCUT2D eigenvalue weighted by molar-refractivity contribution is 0.578. The van der Waals surface area contributed by atoms with Crippen LogP contribution >= 0.6 is 0 Å². The van der Waals surface area contributed by atoms with Gasteiger partial charge in [-0.1, -0.05) is 133 Å². The van der Waals surface area contributed by atoms with Crippen molar-refractivity contribution in [3.8, 4) is 56.1 Å². The fraction of sp³-hybridized carbons (Fsp3) is 0. The molecule has 3 heterocycles. The van der Waals surface area contributed by atoms with Crippen LogP contribution in [-0.2, 0) is 0 Å². The molecule has 3 nitrogen and oxygen atoms in total. The lowest BCUT2D eigenvalue weighted by atomic mass is 9.94. The Kier molecular flexibility index (Phi) is 5.79. The summed E-state index contributed by atoms with van der Waals surface area (Å²) >= 11 is 0. The molecule has 0 spiro atoms. The molecule has 0 unspecified atom stereocenters. The summed E-state index contributed by atoms with van der Waals surface area (Å²) in [4.78, 5) is 0. The second-order valence-corrected chi connectivity index (χ2v) is 10.5. The van der Waals surface area contributed by atoms with Crippen molar-refractivity contribution in [1.82, 2.24) is 9.61 Å². The number of rotatable bonds is 5. The van der Waals surface area contributed by atoms with Crippen molar-refractivity contribution in [3.05, 3.63) is 158 Å². The standard InChI is InChI=1S/C39H26N2O/c1-3-10-27(11-4-1)29-17-21-31(22-18-29)37-38(32-23-19-30(20-24-32)28-12-5-2-6-13-28)40-41-35(36-16-9-25-42-36)26-33-14-7-8-15-34(33)39(37)41/h1-26H. The maximum Gasteiger partial charge on any atom is 0.152 e. The topological polar surface area (TPSA) is 30.4 Å². The predicted molar refractivity (Wildman–Crippen MR) is 172 cm³/mol. The summed E-state index contributed by atoms with van der Waals surface area (Å²) in [6.07, 6.45) is 1.71. The first kappa shape index (κ1) is 24.2. The van der Waals surface area contributed by atoms with E-state index in [1.807, 2.05) is 24.3 Å². The number of hydrogen-bond acceptors (Lipinski definition) is 2. The lowest BCUT2D eigenvalue weighted by Crippen LogP contribution is -1.94. The molecule has 0 N–H and O–H groups in total. The zero-order valence-corrected chi connectivity index (χ0v) is 22.8. The first-order chi connectivity index (χ1) is 20.8. The molecular formula is C39H26N2O. The van der Waals surface area contributed by atoms with Gasteiger partial charge in [0.05, 0.1) is 11.8 Å². The largest absolute Gasteiger partial charge is 0.463 e. The first-order valence-corrected chi connectivity index (χ1v) is 14.1. The number of fused-ring (bicyclic) bond motifs is 3. The third-order valence-corrected chi connectivity index (χ3v) is 7.94. The zero-order valence-electron chi connectivity index (χ0n) is 22.8. The summed E-state index contributed by atoms with van der Waals surface area (Å²) in [5, 5.41) is 7.60. The maximum atomic E-state index is 5.91. The molecule has 0 saturated heterocycles. The van der Waals surface area contributed by atoms with Gasteiger partial charge in [-0.15, -0.1) is 0 Å². The Morgan fingerprint density at radius 3 is 1.64 bits per heavy atom. The van der Waals surface area contributed by atoms with Crippen LogP contribution in [0.2, 0.25) is 0 Å². The molecule has 0 aliphatic heterocycles. The van der Waals surface area contributed by atoms with Crippen LogP contribution in [0.4, 0.5) is 0 Å². The zero-order chi connectivity index (χ0) is 27.9. The molecule has 3 aromatic heterocycles. The fourth-order valence-corrected chi connectivity index (χ4v) is 5.87. The van der Waals surface area contributed by atoms with Crippen molar-refractivity contribution in [3.63, 3.8) is 0 Å². The van der Waals surface area contributed by atoms with Crippen LogP contribution in [0, 0.1) is 0 Å². The van der Waals surface area contributed by atoms with E-state index >= 15 is 0 Å². The van der Waals surface area contributed by atoms with E-state index < -0.39 is 0 Å². The van der Waals surface area contributed by atoms with Crippen LogP contribution in [-0.4, -0.2) is 9.61 Å². The average molecular weight is 539 g/mol. The van der Waals surface area contributed by atoms with Crippen LogP contribution in [0.5, 0.6) is 0 Å². The number of hydrogen-bond donors (Lipinski definition) is 0. The maximum absolute atomic E-state index is 5.91. The molecule has 0 amide bonds. The molecular weight excluding hydrogens is 512 g/mol. The highest BCUT2D eigenvalue weighted by atomic mass is 16.3. The van der Waals surface area contributed by atoms with Gasteiger partial charge < -0.3 is 4.42 Å². The summed E-state index contributed by atoms with van der Waals surface area (Å²) in [5.41, 5.74) is 11.0. The Morgan fingerprint density at radius 1 is 0.476 bits per heavy atom. The van der Waals surface area contributed by atoms with Crippen molar-refractivity contribution in [1.29, 1.82) is 0 Å². The molecule has 5 aromatic carbocycles. The van der Waals surface area contributed by atoms with E-state index in [-0.39, 0.29) is 0 Å². The summed E-state index contributed by atoms with van der Waals surface area (Å²) in [5.74, 6) is 0.783. The Labute approximate surface area is 243 Å². The number of aromatic nitrogens is 2. The van der Waals surface area contributed by atoms with Crippen molar-refractivity contribution in [2.45, 2.75) is 0 Å². The molecule has 3 heteroatoms. The first-order valence-electron chi connectivity index (χ1n) is 14.1. The van der Waals surface area contributed by atoms with E-state index in [1.54, 1.807) is 6.26 Å². The summed E-state index contributed by atoms with van der Waals surface area (Å²) in [6.45, 7) is 0. The van der Waals surface area contributed by atoms with Crippen LogP contribution in [0.15, 0.2) is 162 Å². The molecule has 0 atom stereocenters. The van der Waals surface area contributed by atoms with Crippen LogP contribution < -0.4 is 0 Å². The molecule has 0 aliphatic carbocycles. The second kappa shape index (κ2) is 10.1. The lowest BCUT2D eigenvalue weighted by Gasteiger charge is -2.10. The third-order valence-electron chi connectivity index (χ3n) is 7.94. The normalized spacial score (nSPS) is 11.3. The van der Waals surface area contributed by atoms with E-state index in [2.05, 4.69) is 132 Å². The smallest absolute Gasteiger partial charge is 0.152 e. The molecule has 0 bridgehead atoms. The average Bonchev–Trinajstić information content (AvgIpc) is 3.75. The molecule has 0 aliphatic rings. The predicted octanol–water partition coefficient (Wildman–Crippen LogP) is 10.4. The van der Waals surface area contributed by atoms with Crippen molar-refractivity contribution >= 4 is 16.3 Å². The minimum atomic E-state index is 0.783. The van der Waals surface area contributed by atoms with E-state index in [0.29, 0.717) is 0 Å². The Hall–Kier alpha value is -5.67. The highest BCUT2D eigenvalue weighted by molar-refractivity contribution is 6.08. The van der Waals surface area contributed by atoms with Gasteiger partial charge in [-0.05, 0) is 51.4 Å². The van der Waals surface area contributed by atoms with Crippen molar-refractivity contribution < 1.29 is 4.42 Å². The quantitative estimate of drug-likeness (QED) is 0.218. The van der Waals surface area contributed by atoms with Crippen LogP contribution in [0.25, 0.3) is 72.4 Å². The van der Waals surface area contributed by atoms with Gasteiger partial charge in [-0.2, -0.15) is 5.10 Å². The number of benzene rings is 5. The molecule has 8 rings (SSSR count). The molecule has 198 valence electrons. The van der Waals surface area contributed by atoms with E-state index in [9.17, 15) is 0 Å². The molecule has 8 aromatic rings. The molecule has 0 fully saturated rings. The fourth-order valence-electron chi connectivity index (χ4n) is 5.87. The van der Waals surface area contributed by atoms with Crippen LogP contribution in [0.3, 0.4) is 0 Å². The molecule has 0 saturated carbocycles. The Bertz CT molecular complexity index is 2140. The number of pyridine rings is 1. The van der Waals surface area contributed by atoms with E-state index in [1.165, 1.54) is 22.3 Å². The summed E-state index contributed by atoms with van der Waals surface area (Å²) < 4.78 is 7.96. The minimum absolute atomic E-state index is 0.783. The van der Waals surface area contributed by atoms with Gasteiger partial charge in [0.25, 0.3) is 0 Å². The van der Waals surface area contributed by atoms with Gasteiger partial charge in [-0.25, -0.2) is 4.52 Å². The highest BCUT2D eigenvalue weighted by Crippen LogP contribution is 2.41. The summed E-state index contributed by atoms with van der Waals surface area (Å²) in [7, 11) is 0. The number of furan rings is 1. The van der Waals surface area contributed by atoms with Crippen molar-refractivity contribution in [2.24, 2.45) is 0 Å². The third kappa shape index (κ3) is 4.11. The van der Waals surface area contributed by atoms with E-state index in [4.69, 9.17) is 9.52 Å². The van der Waals surface area contributed by atoms with Crippen LogP contribution in [0.1, 0.15) is 0 Å². The highest BCUT2D eigenvalue weighted by Gasteiger charge is 2.22. The van der Waals surface area contributed by atoms with E-state index in [0.717, 1.165) is 50.1 Å². The van der Waals surface area contributed by atoms with Gasteiger partial charge in [0, 0.05) is 16.5 Å². The van der Waals surface area contributed by atoms with Gasteiger partial charge >= 0.3 is 0 Å². The second-order valence-electron chi connectivity index (χ2n) is 10.5. The molecule has 42 heavy (non-hydrogen) atoms. The van der Waals surface area contributed by atoms with Crippen molar-refractivity contribution in [2.75, 3.05) is 0 Å². The Balaban J connectivity index is 1.39. The summed E-state index contributed by atoms with van der Waals surface area (Å²) in [6, 6.07) is 53.1. The number of nitrogens with zero attached hydrogens (tertiary/aromatic N) is 2. The van der Waals surface area contributed by atoms with Gasteiger partial charge in [0.2, 0.25) is 0 Å². The van der Waals surface area contributed by atoms with Gasteiger partial charge in [-0.3, -0.25) is 0 Å². The monoisotopic (exact) mass is 538 g/mol. The minimum Gasteiger partial charge on any atom is -0.463 e. The molecule has 0 radical (unpaired) electrons. The van der Waals surface area contributed by atoms with Gasteiger partial charge in [0.15, 0.2) is 5.76 Å². The van der Waals surface area contributed by atoms with Gasteiger partial charge in [0.1, 0.15) is 11.4 Å². The SMILES string of the molecule is c1ccc(-c2ccc(-c3nn4c(-c5ccco5)cc5ccccc5c4c3-c3ccc(-c4ccccc4)cc3)cc2)cc1. The Morgan fingerprint density at radius 2 is 1.02 bits per heavy atom.